The van der Waals surface area contributed by atoms with Gasteiger partial charge in [-0.15, -0.1) is 0 Å². The quantitative estimate of drug-likeness (QED) is 0.596. The van der Waals surface area contributed by atoms with Crippen LogP contribution in [0, 0.1) is 5.92 Å². The van der Waals surface area contributed by atoms with E-state index in [0.717, 1.165) is 0 Å². The number of likely N-dealkylation sites (tertiary alicyclic amines) is 1. The Bertz CT molecular complexity index is 245. The van der Waals surface area contributed by atoms with E-state index in [1.54, 1.807) is 0 Å². The summed E-state index contributed by atoms with van der Waals surface area (Å²) in [5, 5.41) is 8.70. The summed E-state index contributed by atoms with van der Waals surface area (Å²) < 4.78 is 4.57. The SMILES string of the molecule is COC(=O)C(Br)[C@H]1CCN(C(=O)O)C1. The molecule has 0 aromatic rings. The van der Waals surface area contributed by atoms with Gasteiger partial charge in [-0.1, -0.05) is 15.9 Å². The minimum atomic E-state index is -0.933. The zero-order chi connectivity index (χ0) is 10.7. The third-order valence-electron chi connectivity index (χ3n) is 2.34. The van der Waals surface area contributed by atoms with Crippen molar-refractivity contribution in [2.24, 2.45) is 5.92 Å². The van der Waals surface area contributed by atoms with Crippen LogP contribution in [0.4, 0.5) is 4.79 Å². The first kappa shape index (κ1) is 11.3. The van der Waals surface area contributed by atoms with Crippen molar-refractivity contribution in [3.63, 3.8) is 0 Å². The molecule has 80 valence electrons. The molecule has 0 bridgehead atoms. The van der Waals surface area contributed by atoms with Gasteiger partial charge in [-0.2, -0.15) is 0 Å². The molecule has 5 nitrogen and oxygen atoms in total. The molecule has 1 fully saturated rings. The molecular weight excluding hydrogens is 254 g/mol. The molecule has 0 aromatic carbocycles. The van der Waals surface area contributed by atoms with E-state index >= 15 is 0 Å². The molecule has 0 aromatic heterocycles. The summed E-state index contributed by atoms with van der Waals surface area (Å²) in [5.74, 6) is -0.333. The summed E-state index contributed by atoms with van der Waals surface area (Å²) in [4.78, 5) is 22.6. The number of ether oxygens (including phenoxy) is 1. The summed E-state index contributed by atoms with van der Waals surface area (Å²) in [7, 11) is 1.32. The number of carbonyl (C=O) groups excluding carboxylic acids is 1. The second kappa shape index (κ2) is 4.63. The number of alkyl halides is 1. The molecule has 6 heteroatoms. The number of amides is 1. The fourth-order valence-electron chi connectivity index (χ4n) is 1.50. The number of carbonyl (C=O) groups is 2. The lowest BCUT2D eigenvalue weighted by Gasteiger charge is -2.15. The number of nitrogens with zero attached hydrogens (tertiary/aromatic N) is 1. The minimum Gasteiger partial charge on any atom is -0.468 e. The van der Waals surface area contributed by atoms with Crippen LogP contribution >= 0.6 is 15.9 Å². The zero-order valence-corrected chi connectivity index (χ0v) is 9.36. The lowest BCUT2D eigenvalue weighted by molar-refractivity contribution is -0.140. The molecule has 0 saturated carbocycles. The predicted octanol–water partition coefficient (Wildman–Crippen LogP) is 0.923. The summed E-state index contributed by atoms with van der Waals surface area (Å²) in [5.41, 5.74) is 0. The maximum atomic E-state index is 11.1. The molecule has 2 atom stereocenters. The highest BCUT2D eigenvalue weighted by Crippen LogP contribution is 2.25. The number of carboxylic acid groups (broad SMARTS) is 1. The summed E-state index contributed by atoms with van der Waals surface area (Å²) in [6, 6.07) is 0. The van der Waals surface area contributed by atoms with Gasteiger partial charge in [0, 0.05) is 19.0 Å². The Balaban J connectivity index is 2.49. The van der Waals surface area contributed by atoms with Gasteiger partial charge in [0.05, 0.1) is 7.11 Å². The molecule has 1 unspecified atom stereocenters. The average Bonchev–Trinajstić information content (AvgIpc) is 2.64. The Labute approximate surface area is 90.1 Å². The molecule has 0 spiro atoms. The lowest BCUT2D eigenvalue weighted by Crippen LogP contribution is -2.31. The highest BCUT2D eigenvalue weighted by Gasteiger charge is 2.34. The van der Waals surface area contributed by atoms with Crippen LogP contribution in [0.5, 0.6) is 0 Å². The second-order valence-electron chi connectivity index (χ2n) is 3.20. The van der Waals surface area contributed by atoms with Crippen LogP contribution in [-0.4, -0.2) is 47.1 Å². The van der Waals surface area contributed by atoms with Gasteiger partial charge in [0.15, 0.2) is 0 Å². The molecule has 0 aliphatic carbocycles. The Hall–Kier alpha value is -0.780. The summed E-state index contributed by atoms with van der Waals surface area (Å²) >= 11 is 3.21. The van der Waals surface area contributed by atoms with Gasteiger partial charge in [0.2, 0.25) is 0 Å². The van der Waals surface area contributed by atoms with Crippen molar-refractivity contribution < 1.29 is 19.4 Å². The number of halogens is 1. The van der Waals surface area contributed by atoms with E-state index in [0.29, 0.717) is 19.5 Å². The Kier molecular flexibility index (Phi) is 3.74. The number of esters is 1. The van der Waals surface area contributed by atoms with E-state index in [1.807, 2.05) is 0 Å². The number of methoxy groups -OCH3 is 1. The van der Waals surface area contributed by atoms with Gasteiger partial charge in [-0.3, -0.25) is 4.79 Å². The van der Waals surface area contributed by atoms with Crippen LogP contribution in [-0.2, 0) is 9.53 Å². The van der Waals surface area contributed by atoms with Crippen LogP contribution in [0.15, 0.2) is 0 Å². The van der Waals surface area contributed by atoms with Crippen LogP contribution in [0.1, 0.15) is 6.42 Å². The number of rotatable bonds is 2. The maximum Gasteiger partial charge on any atom is 0.407 e. The molecule has 1 heterocycles. The van der Waals surface area contributed by atoms with E-state index < -0.39 is 10.9 Å². The molecule has 1 rings (SSSR count). The van der Waals surface area contributed by atoms with E-state index in [-0.39, 0.29) is 11.9 Å². The van der Waals surface area contributed by atoms with Crippen molar-refractivity contribution in [2.45, 2.75) is 11.2 Å². The zero-order valence-electron chi connectivity index (χ0n) is 7.77. The van der Waals surface area contributed by atoms with Gasteiger partial charge in [0.1, 0.15) is 4.83 Å². The maximum absolute atomic E-state index is 11.1. The van der Waals surface area contributed by atoms with Crippen LogP contribution in [0.2, 0.25) is 0 Å². The van der Waals surface area contributed by atoms with Gasteiger partial charge < -0.3 is 14.7 Å². The van der Waals surface area contributed by atoms with Crippen LogP contribution < -0.4 is 0 Å². The van der Waals surface area contributed by atoms with Crippen molar-refractivity contribution in [3.05, 3.63) is 0 Å². The number of hydrogen-bond acceptors (Lipinski definition) is 3. The predicted molar refractivity (Wildman–Crippen MR) is 52.4 cm³/mol. The second-order valence-corrected chi connectivity index (χ2v) is 4.19. The lowest BCUT2D eigenvalue weighted by atomic mass is 10.1. The number of hydrogen-bond donors (Lipinski definition) is 1. The molecule has 1 amide bonds. The fraction of sp³-hybridized carbons (Fsp3) is 0.750. The molecule has 1 N–H and O–H groups in total. The van der Waals surface area contributed by atoms with E-state index in [9.17, 15) is 9.59 Å². The van der Waals surface area contributed by atoms with Crippen LogP contribution in [0.25, 0.3) is 0 Å². The Morgan fingerprint density at radius 2 is 2.29 bits per heavy atom. The van der Waals surface area contributed by atoms with Crippen molar-refractivity contribution in [1.29, 1.82) is 0 Å². The van der Waals surface area contributed by atoms with Crippen LogP contribution in [0.3, 0.4) is 0 Å². The van der Waals surface area contributed by atoms with Gasteiger partial charge in [-0.25, -0.2) is 4.79 Å². The standard InChI is InChI=1S/C8H12BrNO4/c1-14-7(11)6(9)5-2-3-10(4-5)8(12)13/h5-6H,2-4H2,1H3,(H,12,13)/t5-,6?/m0/s1. The van der Waals surface area contributed by atoms with Crippen molar-refractivity contribution >= 4 is 28.0 Å². The van der Waals surface area contributed by atoms with Crippen molar-refractivity contribution in [1.82, 2.24) is 4.90 Å². The molecule has 0 radical (unpaired) electrons. The first-order valence-corrected chi connectivity index (χ1v) is 5.17. The van der Waals surface area contributed by atoms with Crippen molar-refractivity contribution in [2.75, 3.05) is 20.2 Å². The Morgan fingerprint density at radius 3 is 2.71 bits per heavy atom. The first-order chi connectivity index (χ1) is 6.56. The van der Waals surface area contributed by atoms with E-state index in [4.69, 9.17) is 5.11 Å². The normalized spacial score (nSPS) is 23.3. The third kappa shape index (κ3) is 2.37. The minimum absolute atomic E-state index is 0.0125. The monoisotopic (exact) mass is 265 g/mol. The average molecular weight is 266 g/mol. The Morgan fingerprint density at radius 1 is 1.64 bits per heavy atom. The van der Waals surface area contributed by atoms with Gasteiger partial charge in [-0.05, 0) is 6.42 Å². The highest BCUT2D eigenvalue weighted by molar-refractivity contribution is 9.10. The molecule has 1 aliphatic rings. The highest BCUT2D eigenvalue weighted by atomic mass is 79.9. The topological polar surface area (TPSA) is 66.8 Å². The van der Waals surface area contributed by atoms with Gasteiger partial charge >= 0.3 is 12.1 Å². The largest absolute Gasteiger partial charge is 0.468 e. The molecule has 1 saturated heterocycles. The summed E-state index contributed by atoms with van der Waals surface area (Å²) in [6.07, 6.45) is -0.241. The van der Waals surface area contributed by atoms with E-state index in [2.05, 4.69) is 20.7 Å². The van der Waals surface area contributed by atoms with E-state index in [1.165, 1.54) is 12.0 Å². The first-order valence-electron chi connectivity index (χ1n) is 4.26. The summed E-state index contributed by atoms with van der Waals surface area (Å²) in [6.45, 7) is 0.874. The fourth-order valence-corrected chi connectivity index (χ4v) is 2.12. The van der Waals surface area contributed by atoms with Crippen molar-refractivity contribution in [3.8, 4) is 0 Å². The molecular formula is C8H12BrNO4. The molecule has 1 aliphatic heterocycles. The molecule has 14 heavy (non-hydrogen) atoms. The smallest absolute Gasteiger partial charge is 0.407 e. The van der Waals surface area contributed by atoms with Gasteiger partial charge in [0.25, 0.3) is 0 Å². The third-order valence-corrected chi connectivity index (χ3v) is 3.46.